The number of hydrogen-bond acceptors (Lipinski definition) is 12. The molecule has 17 heteroatoms. The average Bonchev–Trinajstić information content (AvgIpc) is 3.42. The molecule has 2 aromatic carbocycles. The van der Waals surface area contributed by atoms with E-state index in [4.69, 9.17) is 10.5 Å². The fourth-order valence-electron chi connectivity index (χ4n) is 5.06. The zero-order valence-corrected chi connectivity index (χ0v) is 27.0. The fourth-order valence-corrected chi connectivity index (χ4v) is 7.36. The van der Waals surface area contributed by atoms with E-state index in [1.54, 1.807) is 6.07 Å². The quantitative estimate of drug-likeness (QED) is 0.113. The number of H-pyrrole nitrogens is 1. The van der Waals surface area contributed by atoms with Crippen LogP contribution in [0.1, 0.15) is 37.9 Å². The molecule has 4 N–H and O–H groups in total. The maximum absolute atomic E-state index is 15.6. The average molecular weight is 675 g/mol. The molecular weight excluding hydrogens is 642 g/mol. The van der Waals surface area contributed by atoms with Crippen molar-refractivity contribution in [1.29, 1.82) is 0 Å². The molecule has 0 amide bonds. The van der Waals surface area contributed by atoms with Gasteiger partial charge in [0.2, 0.25) is 11.6 Å². The van der Waals surface area contributed by atoms with Crippen LogP contribution in [0.2, 0.25) is 0 Å². The number of benzene rings is 2. The molecule has 4 aromatic rings. The predicted octanol–water partition coefficient (Wildman–Crippen LogP) is 5.23. The Balaban J connectivity index is 1.50. The van der Waals surface area contributed by atoms with E-state index in [2.05, 4.69) is 25.5 Å². The molecule has 1 aliphatic heterocycles. The van der Waals surface area contributed by atoms with Gasteiger partial charge in [0.05, 0.1) is 26.6 Å². The van der Waals surface area contributed by atoms with Gasteiger partial charge in [-0.3, -0.25) is 15.2 Å². The number of aromatic amines is 1. The van der Waals surface area contributed by atoms with Crippen molar-refractivity contribution in [2.75, 3.05) is 30.4 Å². The van der Waals surface area contributed by atoms with E-state index < -0.39 is 47.3 Å². The normalized spacial score (nSPS) is 14.4. The van der Waals surface area contributed by atoms with Crippen LogP contribution < -0.4 is 20.7 Å². The van der Waals surface area contributed by atoms with Crippen LogP contribution in [0.5, 0.6) is 5.75 Å². The van der Waals surface area contributed by atoms with Gasteiger partial charge in [-0.15, -0.1) is 0 Å². The van der Waals surface area contributed by atoms with Gasteiger partial charge in [-0.05, 0) is 63.6 Å². The van der Waals surface area contributed by atoms with E-state index in [0.717, 1.165) is 48.5 Å². The van der Waals surface area contributed by atoms with E-state index in [-0.39, 0.29) is 21.9 Å². The van der Waals surface area contributed by atoms with Crippen molar-refractivity contribution in [2.45, 2.75) is 59.3 Å². The van der Waals surface area contributed by atoms with E-state index in [9.17, 15) is 18.5 Å². The first-order chi connectivity index (χ1) is 21.7. The number of aromatic nitrogens is 4. The molecule has 5 rings (SSSR count). The third-order valence-corrected chi connectivity index (χ3v) is 11.1. The molecule has 0 aliphatic carbocycles. The number of hydrogen-bond donors (Lipinski definition) is 3. The lowest BCUT2D eigenvalue weighted by Crippen LogP contribution is -2.40. The van der Waals surface area contributed by atoms with Crippen molar-refractivity contribution < 1.29 is 26.9 Å². The Kier molecular flexibility index (Phi) is 9.19. The Morgan fingerprint density at radius 3 is 2.50 bits per heavy atom. The molecule has 0 atom stereocenters. The summed E-state index contributed by atoms with van der Waals surface area (Å²) in [5.41, 5.74) is 5.65. The molecule has 1 saturated heterocycles. The molecule has 0 bridgehead atoms. The van der Waals surface area contributed by atoms with Gasteiger partial charge in [-0.1, -0.05) is 12.1 Å². The molecule has 13 nitrogen and oxygen atoms in total. The number of ether oxygens (including phenoxy) is 1. The highest BCUT2D eigenvalue weighted by Gasteiger charge is 2.41. The molecule has 1 fully saturated rings. The van der Waals surface area contributed by atoms with Crippen molar-refractivity contribution in [3.63, 3.8) is 0 Å². The number of nitrogens with zero attached hydrogens (tertiary/aromatic N) is 5. The Morgan fingerprint density at radius 1 is 1.17 bits per heavy atom. The van der Waals surface area contributed by atoms with E-state index in [1.807, 2.05) is 11.8 Å². The number of nitro benzene ring substituents is 1. The largest absolute Gasteiger partial charge is 0.490 e. The lowest BCUT2D eigenvalue weighted by Gasteiger charge is -2.32. The Bertz CT molecular complexity index is 1900. The Hall–Kier alpha value is -4.35. The first-order valence-corrected chi connectivity index (χ1v) is 16.4. The van der Waals surface area contributed by atoms with Crippen molar-refractivity contribution in [3.8, 4) is 5.75 Å². The highest BCUT2D eigenvalue weighted by Crippen LogP contribution is 2.42. The smallest absolute Gasteiger partial charge is 0.305 e. The second-order valence-electron chi connectivity index (χ2n) is 11.2. The molecule has 0 radical (unpaired) electrons. The van der Waals surface area contributed by atoms with Crippen molar-refractivity contribution in [1.82, 2.24) is 20.2 Å². The third-order valence-electron chi connectivity index (χ3n) is 7.73. The van der Waals surface area contributed by atoms with Gasteiger partial charge in [0.25, 0.3) is 0 Å². The zero-order chi connectivity index (χ0) is 33.4. The van der Waals surface area contributed by atoms with Gasteiger partial charge in [0.15, 0.2) is 32.4 Å². The zero-order valence-electron chi connectivity index (χ0n) is 25.4. The molecule has 0 spiro atoms. The number of aryl methyl sites for hydroxylation is 1. The summed E-state index contributed by atoms with van der Waals surface area (Å²) in [6, 6.07) is 8.42. The van der Waals surface area contributed by atoms with Crippen LogP contribution in [0.4, 0.5) is 31.9 Å². The minimum atomic E-state index is -4.44. The molecule has 0 unspecified atom stereocenters. The highest BCUT2D eigenvalue weighted by atomic mass is 32.2. The number of nitrogens with two attached hydrogens (primary N) is 1. The summed E-state index contributed by atoms with van der Waals surface area (Å²) in [4.78, 5) is 21.2. The van der Waals surface area contributed by atoms with Crippen LogP contribution in [-0.2, 0) is 14.6 Å². The van der Waals surface area contributed by atoms with Gasteiger partial charge in [-0.25, -0.2) is 22.8 Å². The van der Waals surface area contributed by atoms with Gasteiger partial charge < -0.3 is 20.7 Å². The van der Waals surface area contributed by atoms with Crippen molar-refractivity contribution in [2.24, 2.45) is 5.73 Å². The van der Waals surface area contributed by atoms with Crippen LogP contribution in [0.25, 0.3) is 0 Å². The fraction of sp³-hybridized carbons (Fsp3) is 0.345. The number of methoxy groups -OCH3 is 1. The van der Waals surface area contributed by atoms with Crippen molar-refractivity contribution >= 4 is 44.7 Å². The summed E-state index contributed by atoms with van der Waals surface area (Å²) in [7, 11) is -2.95. The number of rotatable bonds is 10. The number of anilines is 3. The Labute approximate surface area is 268 Å². The molecule has 2 aromatic heterocycles. The van der Waals surface area contributed by atoms with Gasteiger partial charge >= 0.3 is 5.69 Å². The molecule has 3 heterocycles. The molecule has 244 valence electrons. The minimum absolute atomic E-state index is 0.0247. The first kappa shape index (κ1) is 33.0. The molecule has 0 saturated carbocycles. The van der Waals surface area contributed by atoms with Gasteiger partial charge in [0, 0.05) is 42.5 Å². The molecular formula is C29H32F2N8O5S2. The topological polar surface area (TPSA) is 182 Å². The second kappa shape index (κ2) is 12.8. The van der Waals surface area contributed by atoms with Crippen LogP contribution in [0.3, 0.4) is 0 Å². The number of piperidine rings is 1. The van der Waals surface area contributed by atoms with Gasteiger partial charge in [-0.2, -0.15) is 9.49 Å². The number of nitro groups is 1. The minimum Gasteiger partial charge on any atom is -0.490 e. The Morgan fingerprint density at radius 2 is 1.89 bits per heavy atom. The summed E-state index contributed by atoms with van der Waals surface area (Å²) in [6.45, 7) is 5.48. The summed E-state index contributed by atoms with van der Waals surface area (Å²) in [5, 5.41) is 21.6. The number of halogens is 2. The molecule has 46 heavy (non-hydrogen) atoms. The maximum atomic E-state index is 15.6. The SMILES string of the molecule is COc1c(Nc2cc(C)[nH]n2)nc(Sc2ccc(S(=O)(=O)C(C)(C)c3cccc([N+](=O)[O-])c3F)cc2F)nc1N1CCC(N)CC1. The summed E-state index contributed by atoms with van der Waals surface area (Å²) < 4.78 is 61.7. The third kappa shape index (κ3) is 6.34. The predicted molar refractivity (Wildman–Crippen MR) is 168 cm³/mol. The maximum Gasteiger partial charge on any atom is 0.305 e. The monoisotopic (exact) mass is 674 g/mol. The van der Waals surface area contributed by atoms with Crippen LogP contribution >= 0.6 is 11.8 Å². The van der Waals surface area contributed by atoms with Crippen LogP contribution in [-0.4, -0.2) is 59.7 Å². The first-order valence-electron chi connectivity index (χ1n) is 14.1. The van der Waals surface area contributed by atoms with E-state index in [0.29, 0.717) is 30.5 Å². The number of sulfone groups is 1. The summed E-state index contributed by atoms with van der Waals surface area (Å²) in [5.74, 6) is -0.563. The highest BCUT2D eigenvalue weighted by molar-refractivity contribution is 7.99. The summed E-state index contributed by atoms with van der Waals surface area (Å²) in [6.07, 6.45) is 1.47. The second-order valence-corrected chi connectivity index (χ2v) is 14.7. The van der Waals surface area contributed by atoms with Crippen LogP contribution in [0, 0.1) is 28.7 Å². The van der Waals surface area contributed by atoms with E-state index in [1.165, 1.54) is 39.2 Å². The standard InChI is InChI=1S/C29H32F2N8O5S2/c1-16-14-23(37-36-16)33-26-25(44-4)27(38-12-10-17(32)11-13-38)35-28(34-26)45-22-9-8-18(15-20(22)30)46(42,43)29(2,3)19-6-5-7-21(24(19)31)39(40)41/h5-9,14-15,17H,10-13,32H2,1-4H3,(H2,33,34,35,36,37). The van der Waals surface area contributed by atoms with Gasteiger partial charge in [0.1, 0.15) is 5.82 Å². The van der Waals surface area contributed by atoms with Crippen LogP contribution in [0.15, 0.2) is 57.4 Å². The summed E-state index contributed by atoms with van der Waals surface area (Å²) >= 11 is 0.871. The lowest BCUT2D eigenvalue weighted by atomic mass is 10.0. The number of nitrogens with one attached hydrogen (secondary N) is 2. The lowest BCUT2D eigenvalue weighted by molar-refractivity contribution is -0.387. The molecule has 1 aliphatic rings. The van der Waals surface area contributed by atoms with E-state index >= 15 is 8.78 Å². The van der Waals surface area contributed by atoms with Crippen molar-refractivity contribution in [3.05, 3.63) is 75.5 Å².